The first-order valence-electron chi connectivity index (χ1n) is 8.84. The molecule has 1 amide bonds. The van der Waals surface area contributed by atoms with E-state index < -0.39 is 0 Å². The molecule has 0 spiro atoms. The summed E-state index contributed by atoms with van der Waals surface area (Å²) in [6.45, 7) is 5.82. The number of nitrogens with one attached hydrogen (secondary N) is 2. The predicted molar refractivity (Wildman–Crippen MR) is 107 cm³/mol. The molecule has 1 aliphatic heterocycles. The summed E-state index contributed by atoms with van der Waals surface area (Å²) < 4.78 is 0. The van der Waals surface area contributed by atoms with Crippen molar-refractivity contribution in [1.29, 1.82) is 0 Å². The SMILES string of the molecule is CN=C(NCCc1nc(C)c(C)s1)NCC(=O)N1CCc2ccccc21. The van der Waals surface area contributed by atoms with E-state index in [1.54, 1.807) is 18.4 Å². The zero-order valence-electron chi connectivity index (χ0n) is 15.5. The maximum Gasteiger partial charge on any atom is 0.246 e. The number of hydrogen-bond donors (Lipinski definition) is 2. The van der Waals surface area contributed by atoms with Crippen LogP contribution in [0.4, 0.5) is 5.69 Å². The number of rotatable bonds is 5. The van der Waals surface area contributed by atoms with Crippen LogP contribution in [0.1, 0.15) is 21.1 Å². The van der Waals surface area contributed by atoms with E-state index in [2.05, 4.69) is 33.6 Å². The number of benzene rings is 1. The number of aromatic nitrogens is 1. The lowest BCUT2D eigenvalue weighted by atomic mass is 10.2. The van der Waals surface area contributed by atoms with Crippen molar-refractivity contribution in [2.24, 2.45) is 4.99 Å². The Morgan fingerprint density at radius 3 is 2.85 bits per heavy atom. The van der Waals surface area contributed by atoms with Gasteiger partial charge in [0.25, 0.3) is 0 Å². The summed E-state index contributed by atoms with van der Waals surface area (Å²) >= 11 is 1.73. The molecule has 0 saturated carbocycles. The minimum atomic E-state index is 0.0593. The fourth-order valence-electron chi connectivity index (χ4n) is 3.01. The van der Waals surface area contributed by atoms with Crippen molar-refractivity contribution < 1.29 is 4.79 Å². The van der Waals surface area contributed by atoms with Crippen molar-refractivity contribution in [3.63, 3.8) is 0 Å². The van der Waals surface area contributed by atoms with Gasteiger partial charge in [0.2, 0.25) is 5.91 Å². The number of aliphatic imine (C=N–C) groups is 1. The molecular weight excluding hydrogens is 346 g/mol. The number of guanidine groups is 1. The van der Waals surface area contributed by atoms with Crippen molar-refractivity contribution in [3.05, 3.63) is 45.4 Å². The first-order chi connectivity index (χ1) is 12.6. The van der Waals surface area contributed by atoms with Gasteiger partial charge in [-0.3, -0.25) is 9.79 Å². The Balaban J connectivity index is 1.46. The van der Waals surface area contributed by atoms with Crippen LogP contribution >= 0.6 is 11.3 Å². The van der Waals surface area contributed by atoms with E-state index in [4.69, 9.17) is 0 Å². The first-order valence-corrected chi connectivity index (χ1v) is 9.66. The average molecular weight is 372 g/mol. The van der Waals surface area contributed by atoms with E-state index in [0.29, 0.717) is 5.96 Å². The van der Waals surface area contributed by atoms with Crippen molar-refractivity contribution in [3.8, 4) is 0 Å². The molecule has 1 aromatic carbocycles. The Labute approximate surface area is 158 Å². The van der Waals surface area contributed by atoms with Crippen molar-refractivity contribution in [1.82, 2.24) is 15.6 Å². The van der Waals surface area contributed by atoms with Crippen LogP contribution in [0.3, 0.4) is 0 Å². The standard InChI is InChI=1S/C19H25N5OS/c1-13-14(2)26-17(23-13)8-10-21-19(20-3)22-12-18(25)24-11-9-15-6-4-5-7-16(15)24/h4-7H,8-12H2,1-3H3,(H2,20,21,22). The predicted octanol–water partition coefficient (Wildman–Crippen LogP) is 2.06. The number of para-hydroxylation sites is 1. The Morgan fingerprint density at radius 2 is 2.12 bits per heavy atom. The molecule has 0 unspecified atom stereocenters. The zero-order valence-corrected chi connectivity index (χ0v) is 16.3. The van der Waals surface area contributed by atoms with Crippen molar-refractivity contribution in [2.45, 2.75) is 26.7 Å². The number of fused-ring (bicyclic) bond motifs is 1. The highest BCUT2D eigenvalue weighted by molar-refractivity contribution is 7.11. The number of aryl methyl sites for hydroxylation is 2. The lowest BCUT2D eigenvalue weighted by molar-refractivity contribution is -0.117. The summed E-state index contributed by atoms with van der Waals surface area (Å²) in [6.07, 6.45) is 1.76. The number of anilines is 1. The van der Waals surface area contributed by atoms with Crippen LogP contribution in [0.5, 0.6) is 0 Å². The van der Waals surface area contributed by atoms with Crippen LogP contribution in [0.25, 0.3) is 0 Å². The van der Waals surface area contributed by atoms with E-state index in [-0.39, 0.29) is 12.5 Å². The van der Waals surface area contributed by atoms with Crippen LogP contribution in [0.15, 0.2) is 29.3 Å². The third-order valence-corrected chi connectivity index (χ3v) is 5.66. The van der Waals surface area contributed by atoms with Crippen LogP contribution in [0.2, 0.25) is 0 Å². The summed E-state index contributed by atoms with van der Waals surface area (Å²) in [4.78, 5) is 24.4. The molecule has 0 fully saturated rings. The zero-order chi connectivity index (χ0) is 18.5. The Hall–Kier alpha value is -2.41. The minimum absolute atomic E-state index is 0.0593. The third-order valence-electron chi connectivity index (χ3n) is 4.52. The Bertz CT molecular complexity index is 795. The van der Waals surface area contributed by atoms with Gasteiger partial charge in [-0.05, 0) is 31.9 Å². The van der Waals surface area contributed by atoms with E-state index in [0.717, 1.165) is 42.3 Å². The monoisotopic (exact) mass is 371 g/mol. The Morgan fingerprint density at radius 1 is 1.31 bits per heavy atom. The molecule has 7 heteroatoms. The molecule has 3 rings (SSSR count). The quantitative estimate of drug-likeness (QED) is 0.623. The van der Waals surface area contributed by atoms with Gasteiger partial charge >= 0.3 is 0 Å². The molecule has 0 atom stereocenters. The van der Waals surface area contributed by atoms with Gasteiger partial charge in [0.1, 0.15) is 0 Å². The summed E-state index contributed by atoms with van der Waals surface area (Å²) in [5, 5.41) is 7.48. The van der Waals surface area contributed by atoms with Gasteiger partial charge in [-0.1, -0.05) is 18.2 Å². The molecule has 2 heterocycles. The van der Waals surface area contributed by atoms with Gasteiger partial charge in [-0.25, -0.2) is 4.98 Å². The number of amides is 1. The minimum Gasteiger partial charge on any atom is -0.356 e. The van der Waals surface area contributed by atoms with Crippen molar-refractivity contribution in [2.75, 3.05) is 31.6 Å². The van der Waals surface area contributed by atoms with Crippen LogP contribution in [-0.2, 0) is 17.6 Å². The fourth-order valence-corrected chi connectivity index (χ4v) is 3.94. The normalized spacial score (nSPS) is 13.7. The molecule has 0 saturated heterocycles. The maximum atomic E-state index is 12.5. The van der Waals surface area contributed by atoms with E-state index >= 15 is 0 Å². The van der Waals surface area contributed by atoms with E-state index in [9.17, 15) is 4.79 Å². The topological polar surface area (TPSA) is 69.6 Å². The van der Waals surface area contributed by atoms with E-state index in [1.807, 2.05) is 30.0 Å². The highest BCUT2D eigenvalue weighted by Gasteiger charge is 2.23. The number of hydrogen-bond acceptors (Lipinski definition) is 4. The Kier molecular flexibility index (Phi) is 5.88. The molecule has 26 heavy (non-hydrogen) atoms. The second-order valence-corrected chi connectivity index (χ2v) is 7.56. The largest absolute Gasteiger partial charge is 0.356 e. The van der Waals surface area contributed by atoms with Gasteiger partial charge in [0.15, 0.2) is 5.96 Å². The summed E-state index contributed by atoms with van der Waals surface area (Å²) in [7, 11) is 1.71. The summed E-state index contributed by atoms with van der Waals surface area (Å²) in [5.41, 5.74) is 3.36. The highest BCUT2D eigenvalue weighted by atomic mass is 32.1. The van der Waals surface area contributed by atoms with E-state index in [1.165, 1.54) is 10.4 Å². The molecule has 138 valence electrons. The second kappa shape index (κ2) is 8.31. The lowest BCUT2D eigenvalue weighted by Gasteiger charge is -2.18. The molecule has 2 aromatic rings. The highest BCUT2D eigenvalue weighted by Crippen LogP contribution is 2.27. The molecule has 6 nitrogen and oxygen atoms in total. The maximum absolute atomic E-state index is 12.5. The van der Waals surface area contributed by atoms with Gasteiger partial charge in [-0.15, -0.1) is 11.3 Å². The molecule has 2 N–H and O–H groups in total. The number of carbonyl (C=O) groups excluding carboxylic acids is 1. The molecule has 1 aromatic heterocycles. The van der Waals surface area contributed by atoms with Crippen LogP contribution < -0.4 is 15.5 Å². The first kappa shape index (κ1) is 18.4. The fraction of sp³-hybridized carbons (Fsp3) is 0.421. The smallest absolute Gasteiger partial charge is 0.246 e. The third kappa shape index (κ3) is 4.22. The van der Waals surface area contributed by atoms with Crippen molar-refractivity contribution >= 4 is 28.9 Å². The lowest BCUT2D eigenvalue weighted by Crippen LogP contribution is -2.44. The number of nitrogens with zero attached hydrogens (tertiary/aromatic N) is 3. The molecule has 1 aliphatic rings. The van der Waals surface area contributed by atoms with Gasteiger partial charge in [-0.2, -0.15) is 0 Å². The summed E-state index contributed by atoms with van der Waals surface area (Å²) in [6, 6.07) is 8.08. The molecule has 0 bridgehead atoms. The van der Waals surface area contributed by atoms with Gasteiger partial charge in [0.05, 0.1) is 17.2 Å². The average Bonchev–Trinajstić information content (AvgIpc) is 3.21. The van der Waals surface area contributed by atoms with Gasteiger partial charge < -0.3 is 15.5 Å². The molecule has 0 radical (unpaired) electrons. The van der Waals surface area contributed by atoms with Gasteiger partial charge in [0, 0.05) is 37.1 Å². The summed E-state index contributed by atoms with van der Waals surface area (Å²) in [5.74, 6) is 0.694. The molecular formula is C19H25N5OS. The molecule has 0 aliphatic carbocycles. The second-order valence-electron chi connectivity index (χ2n) is 6.28. The van der Waals surface area contributed by atoms with Crippen LogP contribution in [-0.4, -0.2) is 43.5 Å². The van der Waals surface area contributed by atoms with Crippen LogP contribution in [0, 0.1) is 13.8 Å². The number of carbonyl (C=O) groups is 1. The number of thiazole rings is 1.